The predicted octanol–water partition coefficient (Wildman–Crippen LogP) is 2.56. The van der Waals surface area contributed by atoms with Crippen LogP contribution >= 0.6 is 24.0 Å². The van der Waals surface area contributed by atoms with E-state index in [9.17, 15) is 4.79 Å². The molecule has 28 heavy (non-hydrogen) atoms. The van der Waals surface area contributed by atoms with Crippen LogP contribution in [0.5, 0.6) is 5.75 Å². The monoisotopic (exact) mass is 506 g/mol. The Labute approximate surface area is 186 Å². The first-order valence-corrected chi connectivity index (χ1v) is 9.50. The number of aliphatic imine (C=N–C) groups is 1. The highest BCUT2D eigenvalue weighted by atomic mass is 127. The van der Waals surface area contributed by atoms with Gasteiger partial charge in [-0.05, 0) is 32.4 Å². The molecule has 0 heterocycles. The van der Waals surface area contributed by atoms with E-state index in [1.165, 1.54) is 0 Å². The van der Waals surface area contributed by atoms with Gasteiger partial charge < -0.3 is 25.0 Å². The Bertz CT molecular complexity index is 609. The van der Waals surface area contributed by atoms with Gasteiger partial charge in [0, 0.05) is 45.8 Å². The Kier molecular flexibility index (Phi) is 14.5. The second-order valence-electron chi connectivity index (χ2n) is 6.32. The number of nitrogens with zero attached hydrogens (tertiary/aromatic N) is 2. The van der Waals surface area contributed by atoms with E-state index in [1.54, 1.807) is 19.0 Å². The number of nitrogens with one attached hydrogen (secondary N) is 2. The molecule has 0 saturated carbocycles. The standard InChI is InChI=1S/C20H34N4O3.HI/c1-6-21-20(22-11-10-19(25)24(4)5)23-15-17-9-8-16(3)14-18(17)27-13-12-26-7-2;/h8-9,14H,6-7,10-13,15H2,1-5H3,(H2,21,22,23);1H. The molecule has 1 aromatic carbocycles. The van der Waals surface area contributed by atoms with Gasteiger partial charge in [0.25, 0.3) is 0 Å². The number of guanidine groups is 1. The zero-order valence-corrected chi connectivity index (χ0v) is 20.0. The number of halogens is 1. The summed E-state index contributed by atoms with van der Waals surface area (Å²) in [7, 11) is 3.51. The van der Waals surface area contributed by atoms with E-state index in [1.807, 2.05) is 32.9 Å². The van der Waals surface area contributed by atoms with Crippen LogP contribution in [0.15, 0.2) is 23.2 Å². The lowest BCUT2D eigenvalue weighted by atomic mass is 10.1. The van der Waals surface area contributed by atoms with E-state index in [0.717, 1.165) is 23.4 Å². The third-order valence-electron chi connectivity index (χ3n) is 3.79. The predicted molar refractivity (Wildman–Crippen MR) is 125 cm³/mol. The van der Waals surface area contributed by atoms with E-state index in [-0.39, 0.29) is 29.9 Å². The molecule has 160 valence electrons. The summed E-state index contributed by atoms with van der Waals surface area (Å²) >= 11 is 0. The number of hydrogen-bond donors (Lipinski definition) is 2. The average Bonchev–Trinajstić information content (AvgIpc) is 2.64. The molecule has 0 aromatic heterocycles. The molecule has 0 spiro atoms. The van der Waals surface area contributed by atoms with Gasteiger partial charge in [0.2, 0.25) is 5.91 Å². The minimum Gasteiger partial charge on any atom is -0.491 e. The van der Waals surface area contributed by atoms with Gasteiger partial charge in [-0.25, -0.2) is 4.99 Å². The Hall–Kier alpha value is -1.55. The Morgan fingerprint density at radius 3 is 2.57 bits per heavy atom. The summed E-state index contributed by atoms with van der Waals surface area (Å²) in [6.45, 7) is 9.55. The molecular formula is C20H35IN4O3. The summed E-state index contributed by atoms with van der Waals surface area (Å²) in [4.78, 5) is 17.9. The summed E-state index contributed by atoms with van der Waals surface area (Å²) in [5, 5.41) is 6.40. The van der Waals surface area contributed by atoms with Crippen LogP contribution in [0, 0.1) is 6.92 Å². The lowest BCUT2D eigenvalue weighted by Crippen LogP contribution is -2.39. The average molecular weight is 506 g/mol. The van der Waals surface area contributed by atoms with Crippen LogP contribution in [-0.4, -0.2) is 63.8 Å². The van der Waals surface area contributed by atoms with Crippen molar-refractivity contribution in [1.82, 2.24) is 15.5 Å². The highest BCUT2D eigenvalue weighted by molar-refractivity contribution is 14.0. The lowest BCUT2D eigenvalue weighted by molar-refractivity contribution is -0.128. The number of ether oxygens (including phenoxy) is 2. The maximum atomic E-state index is 11.7. The number of amides is 1. The molecule has 0 unspecified atom stereocenters. The molecule has 7 nitrogen and oxygen atoms in total. The van der Waals surface area contributed by atoms with Gasteiger partial charge in [-0.2, -0.15) is 0 Å². The fourth-order valence-electron chi connectivity index (χ4n) is 2.30. The molecule has 8 heteroatoms. The summed E-state index contributed by atoms with van der Waals surface area (Å²) in [5.41, 5.74) is 2.15. The van der Waals surface area contributed by atoms with E-state index >= 15 is 0 Å². The summed E-state index contributed by atoms with van der Waals surface area (Å²) < 4.78 is 11.2. The lowest BCUT2D eigenvalue weighted by Gasteiger charge is -2.14. The van der Waals surface area contributed by atoms with Crippen LogP contribution < -0.4 is 15.4 Å². The first-order chi connectivity index (χ1) is 13.0. The van der Waals surface area contributed by atoms with Crippen molar-refractivity contribution in [3.8, 4) is 5.75 Å². The molecule has 1 aromatic rings. The van der Waals surface area contributed by atoms with Crippen molar-refractivity contribution in [2.45, 2.75) is 33.7 Å². The van der Waals surface area contributed by atoms with Crippen LogP contribution in [0.4, 0.5) is 0 Å². The van der Waals surface area contributed by atoms with E-state index in [0.29, 0.717) is 45.3 Å². The molecule has 0 radical (unpaired) electrons. The molecule has 0 atom stereocenters. The second-order valence-corrected chi connectivity index (χ2v) is 6.32. The molecular weight excluding hydrogens is 471 g/mol. The molecule has 0 aliphatic heterocycles. The normalized spacial score (nSPS) is 10.8. The number of rotatable bonds is 11. The molecule has 1 rings (SSSR count). The largest absolute Gasteiger partial charge is 0.491 e. The maximum Gasteiger partial charge on any atom is 0.223 e. The number of aryl methyl sites for hydroxylation is 1. The van der Waals surface area contributed by atoms with Gasteiger partial charge in [0.15, 0.2) is 5.96 Å². The highest BCUT2D eigenvalue weighted by Gasteiger charge is 2.07. The minimum atomic E-state index is 0. The fraction of sp³-hybridized carbons (Fsp3) is 0.600. The molecule has 0 saturated heterocycles. The summed E-state index contributed by atoms with van der Waals surface area (Å²) in [6.07, 6.45) is 0.424. The number of carbonyl (C=O) groups excluding carboxylic acids is 1. The van der Waals surface area contributed by atoms with Gasteiger partial charge in [-0.1, -0.05) is 12.1 Å². The van der Waals surface area contributed by atoms with E-state index < -0.39 is 0 Å². The third-order valence-corrected chi connectivity index (χ3v) is 3.79. The molecule has 2 N–H and O–H groups in total. The highest BCUT2D eigenvalue weighted by Crippen LogP contribution is 2.21. The molecule has 1 amide bonds. The number of hydrogen-bond acceptors (Lipinski definition) is 4. The zero-order valence-electron chi connectivity index (χ0n) is 17.7. The Morgan fingerprint density at radius 2 is 1.93 bits per heavy atom. The molecule has 0 aliphatic rings. The fourth-order valence-corrected chi connectivity index (χ4v) is 2.30. The number of carbonyl (C=O) groups is 1. The van der Waals surface area contributed by atoms with Crippen molar-refractivity contribution >= 4 is 35.8 Å². The first kappa shape index (κ1) is 26.4. The van der Waals surface area contributed by atoms with Crippen LogP contribution in [0.3, 0.4) is 0 Å². The van der Waals surface area contributed by atoms with Crippen LogP contribution in [0.1, 0.15) is 31.4 Å². The molecule has 0 fully saturated rings. The topological polar surface area (TPSA) is 75.2 Å². The van der Waals surface area contributed by atoms with Gasteiger partial charge in [-0.3, -0.25) is 4.79 Å². The van der Waals surface area contributed by atoms with Crippen molar-refractivity contribution in [2.24, 2.45) is 4.99 Å². The molecule has 0 aliphatic carbocycles. The summed E-state index contributed by atoms with van der Waals surface area (Å²) in [6, 6.07) is 6.11. The quantitative estimate of drug-likeness (QED) is 0.209. The maximum absolute atomic E-state index is 11.7. The Morgan fingerprint density at radius 1 is 1.18 bits per heavy atom. The van der Waals surface area contributed by atoms with Crippen molar-refractivity contribution in [1.29, 1.82) is 0 Å². The third kappa shape index (κ3) is 10.7. The van der Waals surface area contributed by atoms with Gasteiger partial charge in [0.05, 0.1) is 13.2 Å². The van der Waals surface area contributed by atoms with Crippen LogP contribution in [0.25, 0.3) is 0 Å². The van der Waals surface area contributed by atoms with Crippen molar-refractivity contribution in [2.75, 3.05) is 47.0 Å². The van der Waals surface area contributed by atoms with E-state index in [2.05, 4.69) is 21.7 Å². The smallest absolute Gasteiger partial charge is 0.223 e. The second kappa shape index (κ2) is 15.4. The SMILES string of the molecule is CCNC(=NCc1ccc(C)cc1OCCOCC)NCCC(=O)N(C)C.I. The van der Waals surface area contributed by atoms with Gasteiger partial charge in [0.1, 0.15) is 12.4 Å². The first-order valence-electron chi connectivity index (χ1n) is 9.50. The van der Waals surface area contributed by atoms with Crippen molar-refractivity contribution in [3.63, 3.8) is 0 Å². The van der Waals surface area contributed by atoms with Gasteiger partial charge in [-0.15, -0.1) is 24.0 Å². The summed E-state index contributed by atoms with van der Waals surface area (Å²) in [5.74, 6) is 1.60. The van der Waals surface area contributed by atoms with Crippen molar-refractivity contribution < 1.29 is 14.3 Å². The Balaban J connectivity index is 0.00000729. The zero-order chi connectivity index (χ0) is 20.1. The van der Waals surface area contributed by atoms with Crippen molar-refractivity contribution in [3.05, 3.63) is 29.3 Å². The minimum absolute atomic E-state index is 0. The van der Waals surface area contributed by atoms with Crippen LogP contribution in [-0.2, 0) is 16.1 Å². The van der Waals surface area contributed by atoms with E-state index in [4.69, 9.17) is 9.47 Å². The van der Waals surface area contributed by atoms with Crippen LogP contribution in [0.2, 0.25) is 0 Å². The van der Waals surface area contributed by atoms with Gasteiger partial charge >= 0.3 is 0 Å². The molecule has 0 bridgehead atoms. The number of benzene rings is 1.